The second kappa shape index (κ2) is 4.83. The fourth-order valence-electron chi connectivity index (χ4n) is 1.48. The Bertz CT molecular complexity index is 669. The van der Waals surface area contributed by atoms with E-state index in [0.29, 0.717) is 16.5 Å². The fraction of sp³-hybridized carbons (Fsp3) is 0. The van der Waals surface area contributed by atoms with E-state index in [2.05, 4.69) is 0 Å². The summed E-state index contributed by atoms with van der Waals surface area (Å²) >= 11 is 0. The number of hydrogen-bond acceptors (Lipinski definition) is 4. The molecule has 0 aliphatic carbocycles. The monoisotopic (exact) mass is 263 g/mol. The zero-order valence-corrected chi connectivity index (χ0v) is 8.90. The Labute approximate surface area is 120 Å². The zero-order chi connectivity index (χ0) is 11.9. The van der Waals surface area contributed by atoms with Gasteiger partial charge >= 0.3 is 29.6 Å². The second-order valence-electron chi connectivity index (χ2n) is 3.40. The molecule has 0 heterocycles. The molecule has 17 heavy (non-hydrogen) atoms. The number of benzene rings is 2. The van der Waals surface area contributed by atoms with Crippen LogP contribution < -0.4 is 5.73 Å². The van der Waals surface area contributed by atoms with Gasteiger partial charge in [0, 0.05) is 17.1 Å². The Balaban J connectivity index is 0.00000144. The van der Waals surface area contributed by atoms with Crippen molar-refractivity contribution >= 4 is 56.1 Å². The van der Waals surface area contributed by atoms with Gasteiger partial charge in [-0.2, -0.15) is 8.42 Å². The van der Waals surface area contributed by atoms with Crippen molar-refractivity contribution in [2.45, 2.75) is 4.90 Å². The topological polar surface area (TPSA) is 101 Å². The Morgan fingerprint density at radius 1 is 1.12 bits per heavy atom. The van der Waals surface area contributed by atoms with Crippen LogP contribution in [0.3, 0.4) is 0 Å². The molecule has 0 unspecified atom stereocenters. The molecule has 0 saturated carbocycles. The van der Waals surface area contributed by atoms with Crippen LogP contribution in [0.15, 0.2) is 35.2 Å². The van der Waals surface area contributed by atoms with E-state index in [1.807, 2.05) is 0 Å². The van der Waals surface area contributed by atoms with Crippen LogP contribution in [0.25, 0.3) is 10.8 Å². The first-order chi connectivity index (χ1) is 7.38. The van der Waals surface area contributed by atoms with Crippen LogP contribution >= 0.6 is 0 Å². The molecule has 0 spiro atoms. The summed E-state index contributed by atoms with van der Waals surface area (Å²) in [5, 5.41) is 10.5. The predicted octanol–water partition coefficient (Wildman–Crippen LogP) is 0.726. The number of nitrogen functional groups attached to an aromatic ring is 1. The van der Waals surface area contributed by atoms with Crippen LogP contribution in [0, 0.1) is 0 Å². The van der Waals surface area contributed by atoms with E-state index >= 15 is 0 Å². The van der Waals surface area contributed by atoms with Crippen molar-refractivity contribution in [3.05, 3.63) is 30.3 Å². The summed E-state index contributed by atoms with van der Waals surface area (Å²) < 4.78 is 30.7. The molecule has 5 nitrogen and oxygen atoms in total. The quantitative estimate of drug-likeness (QED) is 0.400. The van der Waals surface area contributed by atoms with Crippen molar-refractivity contribution in [1.29, 1.82) is 0 Å². The molecule has 0 radical (unpaired) electrons. The number of hydrogen-bond donors (Lipinski definition) is 3. The van der Waals surface area contributed by atoms with Gasteiger partial charge in [0.2, 0.25) is 0 Å². The third-order valence-electron chi connectivity index (χ3n) is 2.23. The molecule has 2 rings (SSSR count). The normalized spacial score (nSPS) is 11.1. The third-order valence-corrected chi connectivity index (χ3v) is 3.06. The summed E-state index contributed by atoms with van der Waals surface area (Å²) in [6.07, 6.45) is 0. The van der Waals surface area contributed by atoms with Gasteiger partial charge in [-0.25, -0.2) is 0 Å². The van der Waals surface area contributed by atoms with Gasteiger partial charge in [-0.1, -0.05) is 6.07 Å². The average Bonchev–Trinajstić information content (AvgIpc) is 2.17. The van der Waals surface area contributed by atoms with Crippen molar-refractivity contribution < 1.29 is 18.1 Å². The SMILES string of the molecule is Nc1ccc2cc(S(=O)(=O)O)cc(O)c2c1.[NaH]. The summed E-state index contributed by atoms with van der Waals surface area (Å²) in [4.78, 5) is -0.345. The Morgan fingerprint density at radius 2 is 1.76 bits per heavy atom. The molecule has 0 aliphatic heterocycles. The summed E-state index contributed by atoms with van der Waals surface area (Å²) in [5.41, 5.74) is 6.00. The van der Waals surface area contributed by atoms with E-state index in [-0.39, 0.29) is 40.2 Å². The minimum absolute atomic E-state index is 0. The van der Waals surface area contributed by atoms with E-state index in [0.717, 1.165) is 6.07 Å². The molecule has 2 aromatic carbocycles. The van der Waals surface area contributed by atoms with Gasteiger partial charge in [-0.15, -0.1) is 0 Å². The van der Waals surface area contributed by atoms with Crippen molar-refractivity contribution in [1.82, 2.24) is 0 Å². The molecule has 7 heteroatoms. The van der Waals surface area contributed by atoms with Crippen molar-refractivity contribution in [2.24, 2.45) is 0 Å². The molecule has 0 aromatic heterocycles. The Morgan fingerprint density at radius 3 is 2.35 bits per heavy atom. The second-order valence-corrected chi connectivity index (χ2v) is 4.82. The third kappa shape index (κ3) is 2.91. The molecule has 0 saturated heterocycles. The molecule has 0 bridgehead atoms. The van der Waals surface area contributed by atoms with E-state index < -0.39 is 10.1 Å². The van der Waals surface area contributed by atoms with Gasteiger partial charge in [-0.05, 0) is 23.6 Å². The molecular formula is C10H10NNaO4S. The maximum absolute atomic E-state index is 10.9. The van der Waals surface area contributed by atoms with Crippen LogP contribution in [0.2, 0.25) is 0 Å². The van der Waals surface area contributed by atoms with Gasteiger partial charge in [0.1, 0.15) is 5.75 Å². The van der Waals surface area contributed by atoms with Crippen LogP contribution in [-0.2, 0) is 10.1 Å². The van der Waals surface area contributed by atoms with Crippen LogP contribution in [0.5, 0.6) is 5.75 Å². The number of phenols is 1. The molecular weight excluding hydrogens is 253 g/mol. The van der Waals surface area contributed by atoms with E-state index in [4.69, 9.17) is 10.3 Å². The first kappa shape index (κ1) is 14.3. The van der Waals surface area contributed by atoms with Gasteiger partial charge < -0.3 is 10.8 Å². The molecule has 86 valence electrons. The summed E-state index contributed by atoms with van der Waals surface area (Å²) in [7, 11) is -4.32. The number of aromatic hydroxyl groups is 1. The Kier molecular flexibility index (Phi) is 4.06. The number of fused-ring (bicyclic) bond motifs is 1. The number of anilines is 1. The van der Waals surface area contributed by atoms with Gasteiger partial charge in [0.25, 0.3) is 10.1 Å². The number of rotatable bonds is 1. The predicted molar refractivity (Wildman–Crippen MR) is 67.0 cm³/mol. The zero-order valence-electron chi connectivity index (χ0n) is 8.08. The number of nitrogens with two attached hydrogens (primary N) is 1. The number of phenolic OH excluding ortho intramolecular Hbond substituents is 1. The molecule has 0 amide bonds. The standard InChI is InChI=1S/C10H9NO4S.Na.H/c11-7-2-1-6-3-8(16(13,14)15)5-10(12)9(6)4-7;;/h1-5,12H,11H2,(H,13,14,15);;. The molecule has 4 N–H and O–H groups in total. The molecule has 2 aromatic rings. The molecule has 0 aliphatic rings. The maximum atomic E-state index is 10.9. The van der Waals surface area contributed by atoms with E-state index in [1.165, 1.54) is 12.1 Å². The van der Waals surface area contributed by atoms with Crippen LogP contribution in [0.1, 0.15) is 0 Å². The van der Waals surface area contributed by atoms with E-state index in [9.17, 15) is 13.5 Å². The minimum atomic E-state index is -4.32. The van der Waals surface area contributed by atoms with Gasteiger partial charge in [0.15, 0.2) is 0 Å². The fourth-order valence-corrected chi connectivity index (χ4v) is 2.01. The summed E-state index contributed by atoms with van der Waals surface area (Å²) in [6, 6.07) is 6.92. The van der Waals surface area contributed by atoms with Gasteiger partial charge in [-0.3, -0.25) is 4.55 Å². The molecule has 0 fully saturated rings. The van der Waals surface area contributed by atoms with Crippen LogP contribution in [0.4, 0.5) is 5.69 Å². The summed E-state index contributed by atoms with van der Waals surface area (Å²) in [6.45, 7) is 0. The first-order valence-corrected chi connectivity index (χ1v) is 5.82. The molecule has 0 atom stereocenters. The van der Waals surface area contributed by atoms with Crippen LogP contribution in [-0.4, -0.2) is 47.6 Å². The average molecular weight is 263 g/mol. The first-order valence-electron chi connectivity index (χ1n) is 4.38. The van der Waals surface area contributed by atoms with Crippen molar-refractivity contribution in [3.8, 4) is 5.75 Å². The summed E-state index contributed by atoms with van der Waals surface area (Å²) in [5.74, 6) is -0.238. The van der Waals surface area contributed by atoms with Crippen molar-refractivity contribution in [2.75, 3.05) is 5.73 Å². The Hall–Kier alpha value is -0.790. The van der Waals surface area contributed by atoms with Gasteiger partial charge in [0.05, 0.1) is 4.90 Å². The van der Waals surface area contributed by atoms with Crippen molar-refractivity contribution in [3.63, 3.8) is 0 Å². The van der Waals surface area contributed by atoms with E-state index in [1.54, 1.807) is 12.1 Å².